The Bertz CT molecular complexity index is 737. The summed E-state index contributed by atoms with van der Waals surface area (Å²) in [4.78, 5) is 14.7. The molecule has 0 aliphatic carbocycles. The van der Waals surface area contributed by atoms with E-state index in [-0.39, 0.29) is 23.4 Å². The fraction of sp³-hybridized carbons (Fsp3) is 0.316. The highest BCUT2D eigenvalue weighted by Gasteiger charge is 2.31. The minimum atomic E-state index is -2.98. The van der Waals surface area contributed by atoms with Gasteiger partial charge in [0.15, 0.2) is 11.5 Å². The third-order valence-electron chi connectivity index (χ3n) is 4.32. The number of halogens is 2. The number of nitrogens with zero attached hydrogens (tertiary/aromatic N) is 1. The molecule has 0 radical (unpaired) electrons. The second-order valence-corrected chi connectivity index (χ2v) is 5.81. The van der Waals surface area contributed by atoms with Crippen LogP contribution in [0.5, 0.6) is 11.5 Å². The van der Waals surface area contributed by atoms with E-state index in [1.807, 2.05) is 30.3 Å². The molecule has 1 aliphatic heterocycles. The standard InChI is InChI=1S/C19H19F2NO3/c1-24-16-10-9-14(12-17(16)25-19(20)21)18(23)22-11-5-8-15(22)13-6-3-2-4-7-13/h2-4,6-7,9-10,12,15,19H,5,8,11H2,1H3/t15-/m1/s1. The molecule has 1 amide bonds. The van der Waals surface area contributed by atoms with Crippen molar-refractivity contribution in [2.24, 2.45) is 0 Å². The molecule has 2 aromatic rings. The fourth-order valence-corrected chi connectivity index (χ4v) is 3.20. The summed E-state index contributed by atoms with van der Waals surface area (Å²) in [7, 11) is 1.36. The Morgan fingerprint density at radius 1 is 1.16 bits per heavy atom. The Morgan fingerprint density at radius 2 is 1.92 bits per heavy atom. The molecule has 0 N–H and O–H groups in total. The molecule has 1 atom stereocenters. The smallest absolute Gasteiger partial charge is 0.387 e. The van der Waals surface area contributed by atoms with Crippen molar-refractivity contribution >= 4 is 5.91 Å². The van der Waals surface area contributed by atoms with E-state index in [4.69, 9.17) is 4.74 Å². The number of likely N-dealkylation sites (tertiary alicyclic amines) is 1. The minimum Gasteiger partial charge on any atom is -0.493 e. The van der Waals surface area contributed by atoms with Gasteiger partial charge in [-0.25, -0.2) is 0 Å². The number of amides is 1. The van der Waals surface area contributed by atoms with Gasteiger partial charge in [0.2, 0.25) is 0 Å². The Kier molecular flexibility index (Phi) is 5.16. The molecule has 132 valence electrons. The molecule has 6 heteroatoms. The van der Waals surface area contributed by atoms with Crippen molar-refractivity contribution in [3.05, 3.63) is 59.7 Å². The van der Waals surface area contributed by atoms with Gasteiger partial charge >= 0.3 is 6.61 Å². The van der Waals surface area contributed by atoms with Crippen LogP contribution in [0.15, 0.2) is 48.5 Å². The molecule has 25 heavy (non-hydrogen) atoms. The number of alkyl halides is 2. The zero-order chi connectivity index (χ0) is 17.8. The molecule has 2 aromatic carbocycles. The molecule has 1 saturated heterocycles. The second kappa shape index (κ2) is 7.51. The van der Waals surface area contributed by atoms with Gasteiger partial charge < -0.3 is 14.4 Å². The summed E-state index contributed by atoms with van der Waals surface area (Å²) >= 11 is 0. The maximum Gasteiger partial charge on any atom is 0.387 e. The van der Waals surface area contributed by atoms with Crippen LogP contribution < -0.4 is 9.47 Å². The van der Waals surface area contributed by atoms with E-state index < -0.39 is 6.61 Å². The Hall–Kier alpha value is -2.63. The Morgan fingerprint density at radius 3 is 2.60 bits per heavy atom. The van der Waals surface area contributed by atoms with Gasteiger partial charge in [-0.05, 0) is 36.6 Å². The van der Waals surface area contributed by atoms with Gasteiger partial charge in [-0.3, -0.25) is 4.79 Å². The van der Waals surface area contributed by atoms with E-state index in [1.54, 1.807) is 11.0 Å². The predicted molar refractivity (Wildman–Crippen MR) is 89.1 cm³/mol. The monoisotopic (exact) mass is 347 g/mol. The number of carbonyl (C=O) groups is 1. The number of carbonyl (C=O) groups excluding carboxylic acids is 1. The van der Waals surface area contributed by atoms with Crippen LogP contribution in [-0.4, -0.2) is 31.1 Å². The van der Waals surface area contributed by atoms with Crippen molar-refractivity contribution in [1.29, 1.82) is 0 Å². The first-order valence-electron chi connectivity index (χ1n) is 8.09. The number of rotatable bonds is 5. The van der Waals surface area contributed by atoms with Crippen LogP contribution in [-0.2, 0) is 0 Å². The van der Waals surface area contributed by atoms with Crippen molar-refractivity contribution in [1.82, 2.24) is 4.90 Å². The first-order valence-corrected chi connectivity index (χ1v) is 8.09. The Labute approximate surface area is 145 Å². The molecule has 0 saturated carbocycles. The quantitative estimate of drug-likeness (QED) is 0.811. The van der Waals surface area contributed by atoms with Crippen LogP contribution in [0.2, 0.25) is 0 Å². The van der Waals surface area contributed by atoms with Crippen LogP contribution in [0.1, 0.15) is 34.8 Å². The molecule has 0 bridgehead atoms. The highest BCUT2D eigenvalue weighted by Crippen LogP contribution is 2.35. The van der Waals surface area contributed by atoms with E-state index in [2.05, 4.69) is 4.74 Å². The zero-order valence-corrected chi connectivity index (χ0v) is 13.8. The maximum atomic E-state index is 12.9. The first-order chi connectivity index (χ1) is 12.1. The minimum absolute atomic E-state index is 0.00438. The molecule has 4 nitrogen and oxygen atoms in total. The molecule has 1 aliphatic rings. The van der Waals surface area contributed by atoms with Gasteiger partial charge in [-0.15, -0.1) is 0 Å². The maximum absolute atomic E-state index is 12.9. The number of ether oxygens (including phenoxy) is 2. The number of hydrogen-bond acceptors (Lipinski definition) is 3. The van der Waals surface area contributed by atoms with Crippen LogP contribution in [0.3, 0.4) is 0 Å². The van der Waals surface area contributed by atoms with Crippen LogP contribution >= 0.6 is 0 Å². The molecule has 0 unspecified atom stereocenters. The van der Waals surface area contributed by atoms with E-state index in [1.165, 1.54) is 19.2 Å². The van der Waals surface area contributed by atoms with Crippen molar-refractivity contribution in [3.63, 3.8) is 0 Å². The SMILES string of the molecule is COc1ccc(C(=O)N2CCC[C@@H]2c2ccccc2)cc1OC(F)F. The molecule has 1 fully saturated rings. The third kappa shape index (κ3) is 3.73. The highest BCUT2D eigenvalue weighted by atomic mass is 19.3. The molecular formula is C19H19F2NO3. The molecule has 1 heterocycles. The number of methoxy groups -OCH3 is 1. The molecule has 3 rings (SSSR count). The van der Waals surface area contributed by atoms with Crippen molar-refractivity contribution in [2.45, 2.75) is 25.5 Å². The van der Waals surface area contributed by atoms with Crippen molar-refractivity contribution in [3.8, 4) is 11.5 Å². The van der Waals surface area contributed by atoms with Crippen molar-refractivity contribution in [2.75, 3.05) is 13.7 Å². The lowest BCUT2D eigenvalue weighted by Gasteiger charge is -2.25. The lowest BCUT2D eigenvalue weighted by molar-refractivity contribution is -0.0512. The van der Waals surface area contributed by atoms with Gasteiger partial charge in [0.1, 0.15) is 0 Å². The van der Waals surface area contributed by atoms with Crippen molar-refractivity contribution < 1.29 is 23.0 Å². The normalized spacial score (nSPS) is 17.0. The summed E-state index contributed by atoms with van der Waals surface area (Å²) in [6, 6.07) is 14.2. The van der Waals surface area contributed by atoms with Crippen LogP contribution in [0.25, 0.3) is 0 Å². The summed E-state index contributed by atoms with van der Waals surface area (Å²) in [5.74, 6) is -0.176. The van der Waals surface area contributed by atoms with Gasteiger partial charge in [0.05, 0.1) is 13.2 Å². The van der Waals surface area contributed by atoms with Crippen LogP contribution in [0, 0.1) is 0 Å². The van der Waals surface area contributed by atoms with Gasteiger partial charge in [-0.2, -0.15) is 8.78 Å². The van der Waals surface area contributed by atoms with E-state index >= 15 is 0 Å². The van der Waals surface area contributed by atoms with Crippen LogP contribution in [0.4, 0.5) is 8.78 Å². The predicted octanol–water partition coefficient (Wildman–Crippen LogP) is 4.27. The van der Waals surface area contributed by atoms with E-state index in [0.29, 0.717) is 12.1 Å². The lowest BCUT2D eigenvalue weighted by Crippen LogP contribution is -2.30. The summed E-state index contributed by atoms with van der Waals surface area (Å²) in [6.45, 7) is -2.35. The number of hydrogen-bond donors (Lipinski definition) is 0. The van der Waals surface area contributed by atoms with E-state index in [0.717, 1.165) is 18.4 Å². The third-order valence-corrected chi connectivity index (χ3v) is 4.32. The van der Waals surface area contributed by atoms with Gasteiger partial charge in [0.25, 0.3) is 5.91 Å². The molecular weight excluding hydrogens is 328 g/mol. The summed E-state index contributed by atoms with van der Waals surface area (Å²) in [5.41, 5.74) is 1.38. The zero-order valence-electron chi connectivity index (χ0n) is 13.8. The van der Waals surface area contributed by atoms with Gasteiger partial charge in [-0.1, -0.05) is 30.3 Å². The van der Waals surface area contributed by atoms with E-state index in [9.17, 15) is 13.6 Å². The topological polar surface area (TPSA) is 38.8 Å². The molecule has 0 spiro atoms. The summed E-state index contributed by atoms with van der Waals surface area (Å²) in [6.07, 6.45) is 1.79. The summed E-state index contributed by atoms with van der Waals surface area (Å²) < 4.78 is 34.6. The lowest BCUT2D eigenvalue weighted by atomic mass is 10.0. The summed E-state index contributed by atoms with van der Waals surface area (Å²) in [5, 5.41) is 0. The largest absolute Gasteiger partial charge is 0.493 e. The fourth-order valence-electron chi connectivity index (χ4n) is 3.20. The first kappa shape index (κ1) is 17.2. The average molecular weight is 347 g/mol. The average Bonchev–Trinajstić information content (AvgIpc) is 3.11. The molecule has 0 aromatic heterocycles. The second-order valence-electron chi connectivity index (χ2n) is 5.81. The number of benzene rings is 2. The Balaban J connectivity index is 1.87. The highest BCUT2D eigenvalue weighted by molar-refractivity contribution is 5.95. The van der Waals surface area contributed by atoms with Gasteiger partial charge in [0, 0.05) is 12.1 Å².